The molecule has 4 bridgehead atoms. The number of amides is 1. The largest absolute Gasteiger partial charge is 0.342 e. The van der Waals surface area contributed by atoms with Crippen LogP contribution in [-0.2, 0) is 4.79 Å². The fourth-order valence-electron chi connectivity index (χ4n) is 6.09. The van der Waals surface area contributed by atoms with Crippen LogP contribution in [-0.4, -0.2) is 28.7 Å². The summed E-state index contributed by atoms with van der Waals surface area (Å²) in [5.74, 6) is 3.33. The molecule has 0 radical (unpaired) electrons. The molecule has 5 rings (SSSR count). The zero-order valence-corrected chi connectivity index (χ0v) is 13.9. The van der Waals surface area contributed by atoms with Crippen molar-refractivity contribution in [2.24, 2.45) is 23.2 Å². The van der Waals surface area contributed by atoms with Crippen LogP contribution in [0.4, 0.5) is 0 Å². The summed E-state index contributed by atoms with van der Waals surface area (Å²) in [5.41, 5.74) is 0.408. The second kappa shape index (κ2) is 5.00. The molecular weight excluding hydrogens is 314 g/mol. The number of rotatable bonds is 2. The van der Waals surface area contributed by atoms with E-state index in [2.05, 4.69) is 20.8 Å². The van der Waals surface area contributed by atoms with Crippen molar-refractivity contribution in [1.82, 2.24) is 4.90 Å². The molecule has 5 aliphatic rings. The normalized spacial score (nSPS) is 46.8. The molecule has 112 valence electrons. The quantitative estimate of drug-likeness (QED) is 0.697. The van der Waals surface area contributed by atoms with Crippen molar-refractivity contribution in [2.45, 2.75) is 62.6 Å². The van der Waals surface area contributed by atoms with Crippen molar-refractivity contribution in [1.29, 1.82) is 0 Å². The maximum atomic E-state index is 12.7. The van der Waals surface area contributed by atoms with Gasteiger partial charge in [0.2, 0.25) is 5.91 Å². The number of likely N-dealkylation sites (tertiary alicyclic amines) is 1. The monoisotopic (exact) mass is 339 g/mol. The molecule has 1 aliphatic heterocycles. The van der Waals surface area contributed by atoms with Crippen LogP contribution in [0.15, 0.2) is 0 Å². The number of alkyl halides is 1. The smallest absolute Gasteiger partial charge is 0.223 e. The lowest BCUT2D eigenvalue weighted by Crippen LogP contribution is -2.49. The molecule has 1 heterocycles. The third-order valence-electron chi connectivity index (χ3n) is 6.41. The van der Waals surface area contributed by atoms with Crippen LogP contribution < -0.4 is 0 Å². The predicted molar refractivity (Wildman–Crippen MR) is 83.8 cm³/mol. The first kappa shape index (κ1) is 13.6. The highest BCUT2D eigenvalue weighted by atomic mass is 79.9. The Balaban J connectivity index is 1.44. The van der Waals surface area contributed by atoms with E-state index < -0.39 is 0 Å². The van der Waals surface area contributed by atoms with Gasteiger partial charge in [-0.25, -0.2) is 0 Å². The molecule has 20 heavy (non-hydrogen) atoms. The van der Waals surface area contributed by atoms with Crippen molar-refractivity contribution < 1.29 is 4.79 Å². The molecule has 1 atom stereocenters. The minimum atomic E-state index is 0.408. The molecule has 3 heteroatoms. The molecule has 0 aromatic carbocycles. The summed E-state index contributed by atoms with van der Waals surface area (Å²) < 4.78 is 0. The van der Waals surface area contributed by atoms with E-state index >= 15 is 0 Å². The highest BCUT2D eigenvalue weighted by Gasteiger charge is 2.51. The summed E-state index contributed by atoms with van der Waals surface area (Å²) >= 11 is 3.70. The molecule has 0 aromatic heterocycles. The van der Waals surface area contributed by atoms with E-state index in [1.165, 1.54) is 51.4 Å². The standard InChI is InChI=1S/C17H26BrNO/c18-15-2-1-3-19(11-15)16(20)10-17-7-12-4-13(8-17)6-14(5-12)9-17/h12-15H,1-11H2. The highest BCUT2D eigenvalue weighted by molar-refractivity contribution is 9.09. The second-order valence-electron chi connectivity index (χ2n) is 8.17. The molecule has 1 saturated heterocycles. The van der Waals surface area contributed by atoms with Crippen LogP contribution in [0.2, 0.25) is 0 Å². The first-order valence-electron chi connectivity index (χ1n) is 8.54. The topological polar surface area (TPSA) is 20.3 Å². The molecule has 1 amide bonds. The molecule has 1 unspecified atom stereocenters. The average Bonchev–Trinajstić information content (AvgIpc) is 2.36. The predicted octanol–water partition coefficient (Wildman–Crippen LogP) is 3.98. The minimum Gasteiger partial charge on any atom is -0.342 e. The van der Waals surface area contributed by atoms with Crippen molar-refractivity contribution in [3.63, 3.8) is 0 Å². The summed E-state index contributed by atoms with van der Waals surface area (Å²) in [6.07, 6.45) is 11.7. The van der Waals surface area contributed by atoms with Gasteiger partial charge in [0, 0.05) is 24.3 Å². The molecule has 4 saturated carbocycles. The Morgan fingerprint density at radius 1 is 1.10 bits per heavy atom. The van der Waals surface area contributed by atoms with Gasteiger partial charge in [-0.2, -0.15) is 0 Å². The summed E-state index contributed by atoms with van der Waals surface area (Å²) in [6.45, 7) is 1.93. The summed E-state index contributed by atoms with van der Waals surface area (Å²) in [5, 5.41) is 0. The van der Waals surface area contributed by atoms with Crippen molar-refractivity contribution >= 4 is 21.8 Å². The van der Waals surface area contributed by atoms with Gasteiger partial charge in [0.25, 0.3) is 0 Å². The number of piperidine rings is 1. The van der Waals surface area contributed by atoms with E-state index in [9.17, 15) is 4.79 Å². The maximum absolute atomic E-state index is 12.7. The number of halogens is 1. The van der Waals surface area contributed by atoms with E-state index in [0.29, 0.717) is 16.1 Å². The van der Waals surface area contributed by atoms with Gasteiger partial charge in [-0.3, -0.25) is 4.79 Å². The summed E-state index contributed by atoms with van der Waals surface area (Å²) in [4.78, 5) is 15.4. The van der Waals surface area contributed by atoms with Crippen molar-refractivity contribution in [3.8, 4) is 0 Å². The Hall–Kier alpha value is -0.0500. The number of carbonyl (C=O) groups excluding carboxylic acids is 1. The molecule has 0 spiro atoms. The Bertz CT molecular complexity index is 373. The molecular formula is C17H26BrNO. The molecule has 0 aromatic rings. The second-order valence-corrected chi connectivity index (χ2v) is 9.47. The van der Waals surface area contributed by atoms with E-state index in [1.807, 2.05) is 0 Å². The summed E-state index contributed by atoms with van der Waals surface area (Å²) in [6, 6.07) is 0. The van der Waals surface area contributed by atoms with E-state index in [1.54, 1.807) is 0 Å². The van der Waals surface area contributed by atoms with Gasteiger partial charge in [-0.1, -0.05) is 15.9 Å². The van der Waals surface area contributed by atoms with Crippen LogP contribution in [0, 0.1) is 23.2 Å². The third-order valence-corrected chi connectivity index (χ3v) is 7.16. The SMILES string of the molecule is O=C(CC12CC3CC(CC(C3)C1)C2)N1CCCC(Br)C1. The number of nitrogens with zero attached hydrogens (tertiary/aromatic N) is 1. The Morgan fingerprint density at radius 3 is 2.25 bits per heavy atom. The molecule has 5 fully saturated rings. The Kier molecular flexibility index (Phi) is 3.40. The minimum absolute atomic E-state index is 0.408. The van der Waals surface area contributed by atoms with Gasteiger partial charge in [0.15, 0.2) is 0 Å². The van der Waals surface area contributed by atoms with Gasteiger partial charge in [0.05, 0.1) is 0 Å². The molecule has 0 N–H and O–H groups in total. The van der Waals surface area contributed by atoms with E-state index in [0.717, 1.165) is 37.3 Å². The fourth-order valence-corrected chi connectivity index (χ4v) is 6.76. The summed E-state index contributed by atoms with van der Waals surface area (Å²) in [7, 11) is 0. The highest BCUT2D eigenvalue weighted by Crippen LogP contribution is 2.61. The van der Waals surface area contributed by atoms with Crippen LogP contribution in [0.3, 0.4) is 0 Å². The van der Waals surface area contributed by atoms with Crippen molar-refractivity contribution in [3.05, 3.63) is 0 Å². The zero-order valence-electron chi connectivity index (χ0n) is 12.3. The van der Waals surface area contributed by atoms with Gasteiger partial charge in [-0.15, -0.1) is 0 Å². The van der Waals surface area contributed by atoms with E-state index in [-0.39, 0.29) is 0 Å². The third kappa shape index (κ3) is 2.44. The van der Waals surface area contributed by atoms with Gasteiger partial charge in [-0.05, 0) is 74.5 Å². The van der Waals surface area contributed by atoms with Gasteiger partial charge < -0.3 is 4.90 Å². The molecule has 2 nitrogen and oxygen atoms in total. The van der Waals surface area contributed by atoms with Gasteiger partial charge in [0.1, 0.15) is 0 Å². The van der Waals surface area contributed by atoms with Crippen LogP contribution >= 0.6 is 15.9 Å². The first-order chi connectivity index (χ1) is 9.62. The van der Waals surface area contributed by atoms with Crippen LogP contribution in [0.25, 0.3) is 0 Å². The lowest BCUT2D eigenvalue weighted by Gasteiger charge is -2.57. The van der Waals surface area contributed by atoms with Crippen molar-refractivity contribution in [2.75, 3.05) is 13.1 Å². The zero-order chi connectivity index (χ0) is 13.7. The Morgan fingerprint density at radius 2 is 1.70 bits per heavy atom. The van der Waals surface area contributed by atoms with Crippen LogP contribution in [0.1, 0.15) is 57.8 Å². The average molecular weight is 340 g/mol. The number of carbonyl (C=O) groups is 1. The Labute approximate surface area is 130 Å². The maximum Gasteiger partial charge on any atom is 0.223 e. The fraction of sp³-hybridized carbons (Fsp3) is 0.941. The lowest BCUT2D eigenvalue weighted by molar-refractivity contribution is -0.140. The number of hydrogen-bond donors (Lipinski definition) is 0. The molecule has 4 aliphatic carbocycles. The first-order valence-corrected chi connectivity index (χ1v) is 9.45. The number of hydrogen-bond acceptors (Lipinski definition) is 1. The van der Waals surface area contributed by atoms with Crippen LogP contribution in [0.5, 0.6) is 0 Å². The lowest BCUT2D eigenvalue weighted by atomic mass is 9.49. The van der Waals surface area contributed by atoms with E-state index in [4.69, 9.17) is 0 Å². The van der Waals surface area contributed by atoms with Gasteiger partial charge >= 0.3 is 0 Å².